The summed E-state index contributed by atoms with van der Waals surface area (Å²) >= 11 is 1.99. The van der Waals surface area contributed by atoms with E-state index < -0.39 is 9.84 Å². The first-order valence-electron chi connectivity index (χ1n) is 4.63. The van der Waals surface area contributed by atoms with Crippen LogP contribution in [0.2, 0.25) is 0 Å². The number of sulfone groups is 1. The SMILES string of the molecule is CS(=O)(=O)CCOc1c(N)cc(C#N)cc1I. The van der Waals surface area contributed by atoms with Gasteiger partial charge in [-0.3, -0.25) is 0 Å². The molecule has 17 heavy (non-hydrogen) atoms. The van der Waals surface area contributed by atoms with Crippen molar-refractivity contribution in [3.8, 4) is 11.8 Å². The zero-order chi connectivity index (χ0) is 13.1. The number of hydrogen-bond acceptors (Lipinski definition) is 5. The number of nitriles is 1. The summed E-state index contributed by atoms with van der Waals surface area (Å²) in [5.41, 5.74) is 6.50. The van der Waals surface area contributed by atoms with E-state index in [0.29, 0.717) is 20.6 Å². The van der Waals surface area contributed by atoms with Crippen LogP contribution >= 0.6 is 22.6 Å². The number of anilines is 1. The molecule has 0 unspecified atom stereocenters. The Morgan fingerprint density at radius 3 is 2.65 bits per heavy atom. The molecule has 0 aliphatic rings. The summed E-state index contributed by atoms with van der Waals surface area (Å²) in [6, 6.07) is 5.11. The smallest absolute Gasteiger partial charge is 0.155 e. The summed E-state index contributed by atoms with van der Waals surface area (Å²) in [6.07, 6.45) is 1.14. The van der Waals surface area contributed by atoms with Crippen molar-refractivity contribution >= 4 is 38.1 Å². The number of ether oxygens (including phenoxy) is 1. The second-order valence-corrected chi connectivity index (χ2v) is 6.89. The molecule has 0 saturated heterocycles. The Bertz CT molecular complexity index is 540. The largest absolute Gasteiger partial charge is 0.489 e. The van der Waals surface area contributed by atoms with E-state index in [2.05, 4.69) is 0 Å². The fourth-order valence-corrected chi connectivity index (χ4v) is 2.32. The molecular formula is C10H11IN2O3S. The van der Waals surface area contributed by atoms with Gasteiger partial charge in [0.05, 0.1) is 26.6 Å². The fraction of sp³-hybridized carbons (Fsp3) is 0.300. The van der Waals surface area contributed by atoms with E-state index in [0.717, 1.165) is 6.26 Å². The van der Waals surface area contributed by atoms with Gasteiger partial charge in [0.1, 0.15) is 6.61 Å². The minimum atomic E-state index is -3.05. The first kappa shape index (κ1) is 14.1. The maximum atomic E-state index is 10.9. The monoisotopic (exact) mass is 366 g/mol. The Kier molecular flexibility index (Phi) is 4.59. The molecule has 0 heterocycles. The van der Waals surface area contributed by atoms with Crippen LogP contribution in [-0.2, 0) is 9.84 Å². The second kappa shape index (κ2) is 5.55. The molecule has 0 atom stereocenters. The highest BCUT2D eigenvalue weighted by Crippen LogP contribution is 2.29. The molecule has 0 radical (unpaired) electrons. The van der Waals surface area contributed by atoms with E-state index in [-0.39, 0.29) is 12.4 Å². The topological polar surface area (TPSA) is 93.2 Å². The third-order valence-corrected chi connectivity index (χ3v) is 3.61. The molecule has 0 aliphatic heterocycles. The Balaban J connectivity index is 2.83. The summed E-state index contributed by atoms with van der Waals surface area (Å²) in [7, 11) is -3.05. The third-order valence-electron chi connectivity index (χ3n) is 1.90. The normalized spacial score (nSPS) is 10.9. The summed E-state index contributed by atoms with van der Waals surface area (Å²) in [4.78, 5) is 0. The first-order valence-corrected chi connectivity index (χ1v) is 7.77. The van der Waals surface area contributed by atoms with Gasteiger partial charge in [0.2, 0.25) is 0 Å². The molecule has 7 heteroatoms. The number of hydrogen-bond donors (Lipinski definition) is 1. The van der Waals surface area contributed by atoms with Gasteiger partial charge in [0.25, 0.3) is 0 Å². The van der Waals surface area contributed by atoms with Crippen molar-refractivity contribution in [2.24, 2.45) is 0 Å². The van der Waals surface area contributed by atoms with Gasteiger partial charge in [-0.2, -0.15) is 5.26 Å². The van der Waals surface area contributed by atoms with E-state index in [1.54, 1.807) is 6.07 Å². The molecule has 0 amide bonds. The first-order chi connectivity index (χ1) is 7.83. The van der Waals surface area contributed by atoms with E-state index >= 15 is 0 Å². The Morgan fingerprint density at radius 1 is 1.53 bits per heavy atom. The average Bonchev–Trinajstić information content (AvgIpc) is 2.20. The van der Waals surface area contributed by atoms with Gasteiger partial charge in [-0.25, -0.2) is 8.42 Å². The van der Waals surface area contributed by atoms with Crippen LogP contribution in [0.1, 0.15) is 5.56 Å². The van der Waals surface area contributed by atoms with Crippen LogP contribution in [-0.4, -0.2) is 27.0 Å². The minimum Gasteiger partial charge on any atom is -0.489 e. The van der Waals surface area contributed by atoms with Crippen molar-refractivity contribution < 1.29 is 13.2 Å². The van der Waals surface area contributed by atoms with E-state index in [9.17, 15) is 8.42 Å². The second-order valence-electron chi connectivity index (χ2n) is 3.47. The highest BCUT2D eigenvalue weighted by molar-refractivity contribution is 14.1. The van der Waals surface area contributed by atoms with E-state index in [4.69, 9.17) is 15.7 Å². The molecule has 0 spiro atoms. The zero-order valence-electron chi connectivity index (χ0n) is 9.10. The molecule has 5 nitrogen and oxygen atoms in total. The standard InChI is InChI=1S/C10H11IN2O3S/c1-17(14,15)3-2-16-10-8(11)4-7(6-12)5-9(10)13/h4-5H,2-3,13H2,1H3. The predicted octanol–water partition coefficient (Wildman–Crippen LogP) is 1.17. The molecule has 0 saturated carbocycles. The van der Waals surface area contributed by atoms with Gasteiger partial charge >= 0.3 is 0 Å². The lowest BCUT2D eigenvalue weighted by molar-refractivity contribution is 0.340. The molecule has 1 aromatic rings. The van der Waals surface area contributed by atoms with Crippen LogP contribution in [0, 0.1) is 14.9 Å². The van der Waals surface area contributed by atoms with Crippen molar-refractivity contribution in [1.82, 2.24) is 0 Å². The molecule has 92 valence electrons. The lowest BCUT2D eigenvalue weighted by atomic mass is 10.2. The quantitative estimate of drug-likeness (QED) is 0.638. The Morgan fingerprint density at radius 2 is 2.18 bits per heavy atom. The van der Waals surface area contributed by atoms with Crippen molar-refractivity contribution in [2.75, 3.05) is 24.3 Å². The highest BCUT2D eigenvalue weighted by atomic mass is 127. The molecule has 0 aromatic heterocycles. The van der Waals surface area contributed by atoms with Crippen molar-refractivity contribution in [2.45, 2.75) is 0 Å². The summed E-state index contributed by atoms with van der Waals surface area (Å²) in [6.45, 7) is 0.0466. The summed E-state index contributed by atoms with van der Waals surface area (Å²) in [5, 5.41) is 8.73. The number of nitrogen functional groups attached to an aromatic ring is 1. The van der Waals surface area contributed by atoms with Crippen molar-refractivity contribution in [1.29, 1.82) is 5.26 Å². The number of benzene rings is 1. The fourth-order valence-electron chi connectivity index (χ4n) is 1.13. The Hall–Kier alpha value is -1.01. The minimum absolute atomic E-state index is 0.0466. The lowest BCUT2D eigenvalue weighted by Gasteiger charge is -2.10. The molecule has 2 N–H and O–H groups in total. The maximum Gasteiger partial charge on any atom is 0.155 e. The number of rotatable bonds is 4. The van der Waals surface area contributed by atoms with Gasteiger partial charge in [0, 0.05) is 6.26 Å². The predicted molar refractivity (Wildman–Crippen MR) is 73.5 cm³/mol. The number of halogens is 1. The molecule has 1 rings (SSSR count). The van der Waals surface area contributed by atoms with Crippen LogP contribution in [0.3, 0.4) is 0 Å². The molecule has 0 bridgehead atoms. The van der Waals surface area contributed by atoms with Crippen molar-refractivity contribution in [3.63, 3.8) is 0 Å². The highest BCUT2D eigenvalue weighted by Gasteiger charge is 2.10. The summed E-state index contributed by atoms with van der Waals surface area (Å²) in [5.74, 6) is 0.357. The lowest BCUT2D eigenvalue weighted by Crippen LogP contribution is -2.13. The van der Waals surface area contributed by atoms with Gasteiger partial charge < -0.3 is 10.5 Å². The molecule has 1 aromatic carbocycles. The van der Waals surface area contributed by atoms with Gasteiger partial charge in [0.15, 0.2) is 15.6 Å². The molecular weight excluding hydrogens is 355 g/mol. The maximum absolute atomic E-state index is 10.9. The Labute approximate surface area is 114 Å². The van der Waals surface area contributed by atoms with Crippen LogP contribution in [0.4, 0.5) is 5.69 Å². The van der Waals surface area contributed by atoms with Crippen LogP contribution < -0.4 is 10.5 Å². The van der Waals surface area contributed by atoms with Gasteiger partial charge in [-0.05, 0) is 34.7 Å². The van der Waals surface area contributed by atoms with Gasteiger partial charge in [-0.15, -0.1) is 0 Å². The van der Waals surface area contributed by atoms with Crippen molar-refractivity contribution in [3.05, 3.63) is 21.3 Å². The number of nitrogens with zero attached hydrogens (tertiary/aromatic N) is 1. The average molecular weight is 366 g/mol. The zero-order valence-corrected chi connectivity index (χ0v) is 12.1. The van der Waals surface area contributed by atoms with E-state index in [1.807, 2.05) is 28.7 Å². The van der Waals surface area contributed by atoms with E-state index in [1.165, 1.54) is 6.07 Å². The van der Waals surface area contributed by atoms with Gasteiger partial charge in [-0.1, -0.05) is 0 Å². The van der Waals surface area contributed by atoms with Crippen LogP contribution in [0.5, 0.6) is 5.75 Å². The summed E-state index contributed by atoms with van der Waals surface area (Å²) < 4.78 is 27.9. The van der Waals surface area contributed by atoms with Crippen LogP contribution in [0.25, 0.3) is 0 Å². The molecule has 0 fully saturated rings. The number of nitrogens with two attached hydrogens (primary N) is 1. The third kappa shape index (κ3) is 4.40. The van der Waals surface area contributed by atoms with Crippen LogP contribution in [0.15, 0.2) is 12.1 Å². The molecule has 0 aliphatic carbocycles.